The maximum absolute atomic E-state index is 11.4. The van der Waals surface area contributed by atoms with E-state index in [1.54, 1.807) is 27.9 Å². The van der Waals surface area contributed by atoms with Crippen LogP contribution in [0.1, 0.15) is 20.8 Å². The molecular weight excluding hydrogens is 238 g/mol. The molecule has 0 aliphatic carbocycles. The summed E-state index contributed by atoms with van der Waals surface area (Å²) in [5.74, 6) is -0.540. The Morgan fingerprint density at radius 1 is 1.33 bits per heavy atom. The van der Waals surface area contributed by atoms with Gasteiger partial charge in [-0.1, -0.05) is 0 Å². The van der Waals surface area contributed by atoms with Gasteiger partial charge >= 0.3 is 6.09 Å². The van der Waals surface area contributed by atoms with Gasteiger partial charge in [-0.2, -0.15) is 0 Å². The lowest BCUT2D eigenvalue weighted by molar-refractivity contribution is -0.119. The predicted molar refractivity (Wildman–Crippen MR) is 67.1 cm³/mol. The van der Waals surface area contributed by atoms with Crippen molar-refractivity contribution in [3.63, 3.8) is 0 Å². The number of carbonyl (C=O) groups is 2. The fourth-order valence-corrected chi connectivity index (χ4v) is 1.11. The Kier molecular flexibility index (Phi) is 7.30. The SMILES string of the molecule is COCCNC(CNC(=O)OC(C)(C)C)C(N)=O. The van der Waals surface area contributed by atoms with Gasteiger partial charge in [0.1, 0.15) is 11.6 Å². The number of amides is 2. The number of hydrogen-bond donors (Lipinski definition) is 3. The summed E-state index contributed by atoms with van der Waals surface area (Å²) in [4.78, 5) is 22.5. The van der Waals surface area contributed by atoms with Crippen molar-refractivity contribution < 1.29 is 19.1 Å². The maximum Gasteiger partial charge on any atom is 0.407 e. The molecule has 2 amide bonds. The van der Waals surface area contributed by atoms with E-state index < -0.39 is 23.6 Å². The lowest BCUT2D eigenvalue weighted by Gasteiger charge is -2.21. The van der Waals surface area contributed by atoms with Crippen molar-refractivity contribution in [1.29, 1.82) is 0 Å². The molecule has 7 heteroatoms. The van der Waals surface area contributed by atoms with Gasteiger partial charge in [-0.15, -0.1) is 0 Å². The molecule has 1 unspecified atom stereocenters. The molecule has 0 aromatic heterocycles. The molecular formula is C11H23N3O4. The number of hydrogen-bond acceptors (Lipinski definition) is 5. The molecule has 4 N–H and O–H groups in total. The molecule has 106 valence electrons. The topological polar surface area (TPSA) is 103 Å². The van der Waals surface area contributed by atoms with E-state index in [-0.39, 0.29) is 6.54 Å². The molecule has 0 saturated heterocycles. The van der Waals surface area contributed by atoms with E-state index in [2.05, 4.69) is 10.6 Å². The number of nitrogens with one attached hydrogen (secondary N) is 2. The minimum absolute atomic E-state index is 0.0773. The van der Waals surface area contributed by atoms with Crippen LogP contribution < -0.4 is 16.4 Å². The molecule has 0 aliphatic rings. The smallest absolute Gasteiger partial charge is 0.407 e. The predicted octanol–water partition coefficient (Wildman–Crippen LogP) is -0.399. The van der Waals surface area contributed by atoms with Crippen molar-refractivity contribution in [1.82, 2.24) is 10.6 Å². The second-order valence-electron chi connectivity index (χ2n) is 4.78. The summed E-state index contributed by atoms with van der Waals surface area (Å²) in [5, 5.41) is 5.35. The van der Waals surface area contributed by atoms with Gasteiger partial charge < -0.3 is 25.8 Å². The van der Waals surface area contributed by atoms with E-state index in [4.69, 9.17) is 15.2 Å². The Labute approximate surface area is 107 Å². The summed E-state index contributed by atoms with van der Waals surface area (Å²) in [6, 6.07) is -0.646. The summed E-state index contributed by atoms with van der Waals surface area (Å²) in [6.07, 6.45) is -0.581. The second-order valence-corrected chi connectivity index (χ2v) is 4.78. The number of methoxy groups -OCH3 is 1. The number of ether oxygens (including phenoxy) is 2. The zero-order valence-electron chi connectivity index (χ0n) is 11.4. The molecule has 0 spiro atoms. The highest BCUT2D eigenvalue weighted by Gasteiger charge is 2.19. The summed E-state index contributed by atoms with van der Waals surface area (Å²) < 4.78 is 9.88. The first kappa shape index (κ1) is 16.7. The number of primary amides is 1. The highest BCUT2D eigenvalue weighted by molar-refractivity contribution is 5.81. The summed E-state index contributed by atoms with van der Waals surface area (Å²) >= 11 is 0. The largest absolute Gasteiger partial charge is 0.444 e. The average Bonchev–Trinajstić information content (AvgIpc) is 2.20. The van der Waals surface area contributed by atoms with Gasteiger partial charge in [0.25, 0.3) is 0 Å². The molecule has 0 fully saturated rings. The van der Waals surface area contributed by atoms with Crippen LogP contribution in [-0.4, -0.2) is 50.4 Å². The highest BCUT2D eigenvalue weighted by atomic mass is 16.6. The summed E-state index contributed by atoms with van der Waals surface area (Å²) in [7, 11) is 1.56. The van der Waals surface area contributed by atoms with E-state index >= 15 is 0 Å². The van der Waals surface area contributed by atoms with E-state index in [1.165, 1.54) is 0 Å². The van der Waals surface area contributed by atoms with Gasteiger partial charge in [0, 0.05) is 20.2 Å². The van der Waals surface area contributed by atoms with Crippen molar-refractivity contribution in [2.24, 2.45) is 5.73 Å². The fourth-order valence-electron chi connectivity index (χ4n) is 1.11. The van der Waals surface area contributed by atoms with Crippen LogP contribution in [0, 0.1) is 0 Å². The molecule has 0 aliphatic heterocycles. The molecule has 7 nitrogen and oxygen atoms in total. The standard InChI is InChI=1S/C11H23N3O4/c1-11(2,3)18-10(16)14-7-8(9(12)15)13-5-6-17-4/h8,13H,5-7H2,1-4H3,(H2,12,15)(H,14,16). The zero-order valence-corrected chi connectivity index (χ0v) is 11.4. The first-order chi connectivity index (χ1) is 8.26. The van der Waals surface area contributed by atoms with Crippen LogP contribution >= 0.6 is 0 Å². The van der Waals surface area contributed by atoms with Crippen molar-refractivity contribution in [3.05, 3.63) is 0 Å². The van der Waals surface area contributed by atoms with Crippen molar-refractivity contribution in [2.45, 2.75) is 32.4 Å². The molecule has 0 rings (SSSR count). The molecule has 18 heavy (non-hydrogen) atoms. The number of rotatable bonds is 7. The highest BCUT2D eigenvalue weighted by Crippen LogP contribution is 2.06. The van der Waals surface area contributed by atoms with Gasteiger partial charge in [0.05, 0.1) is 6.61 Å². The molecule has 1 atom stereocenters. The minimum atomic E-state index is -0.646. The number of nitrogens with two attached hydrogens (primary N) is 1. The molecule has 0 heterocycles. The van der Waals surface area contributed by atoms with Crippen LogP contribution in [0.25, 0.3) is 0 Å². The van der Waals surface area contributed by atoms with E-state index in [0.717, 1.165) is 0 Å². The molecule has 0 bridgehead atoms. The van der Waals surface area contributed by atoms with Crippen LogP contribution in [-0.2, 0) is 14.3 Å². The summed E-state index contributed by atoms with van der Waals surface area (Å²) in [5.41, 5.74) is 4.62. The summed E-state index contributed by atoms with van der Waals surface area (Å²) in [6.45, 7) is 6.28. The van der Waals surface area contributed by atoms with E-state index in [9.17, 15) is 9.59 Å². The third-order valence-corrected chi connectivity index (χ3v) is 1.89. The molecule has 0 aromatic carbocycles. The van der Waals surface area contributed by atoms with Gasteiger partial charge in [0.15, 0.2) is 0 Å². The van der Waals surface area contributed by atoms with E-state index in [0.29, 0.717) is 13.2 Å². The van der Waals surface area contributed by atoms with Crippen LogP contribution in [0.3, 0.4) is 0 Å². The molecule has 0 saturated carbocycles. The Morgan fingerprint density at radius 2 is 1.94 bits per heavy atom. The van der Waals surface area contributed by atoms with Gasteiger partial charge in [-0.05, 0) is 20.8 Å². The van der Waals surface area contributed by atoms with Crippen LogP contribution in [0.15, 0.2) is 0 Å². The van der Waals surface area contributed by atoms with Crippen LogP contribution in [0.2, 0.25) is 0 Å². The van der Waals surface area contributed by atoms with Crippen LogP contribution in [0.5, 0.6) is 0 Å². The lowest BCUT2D eigenvalue weighted by Crippen LogP contribution is -2.50. The van der Waals surface area contributed by atoms with Gasteiger partial charge in [-0.3, -0.25) is 4.79 Å². The first-order valence-electron chi connectivity index (χ1n) is 5.74. The minimum Gasteiger partial charge on any atom is -0.444 e. The Hall–Kier alpha value is -1.34. The fraction of sp³-hybridized carbons (Fsp3) is 0.818. The number of alkyl carbamates (subject to hydrolysis) is 1. The second kappa shape index (κ2) is 7.88. The quantitative estimate of drug-likeness (QED) is 0.541. The lowest BCUT2D eigenvalue weighted by atomic mass is 10.2. The molecule has 0 radical (unpaired) electrons. The number of carbonyl (C=O) groups excluding carboxylic acids is 2. The Morgan fingerprint density at radius 3 is 2.39 bits per heavy atom. The normalized spacial score (nSPS) is 12.9. The Bertz CT molecular complexity index is 276. The Balaban J connectivity index is 4.03. The average molecular weight is 261 g/mol. The van der Waals surface area contributed by atoms with Gasteiger partial charge in [0.2, 0.25) is 5.91 Å². The maximum atomic E-state index is 11.4. The third-order valence-electron chi connectivity index (χ3n) is 1.89. The van der Waals surface area contributed by atoms with Crippen molar-refractivity contribution in [3.8, 4) is 0 Å². The van der Waals surface area contributed by atoms with Crippen LogP contribution in [0.4, 0.5) is 4.79 Å². The zero-order chi connectivity index (χ0) is 14.2. The third kappa shape index (κ3) is 8.77. The molecule has 0 aromatic rings. The van der Waals surface area contributed by atoms with Crippen molar-refractivity contribution >= 4 is 12.0 Å². The van der Waals surface area contributed by atoms with Gasteiger partial charge in [-0.25, -0.2) is 4.79 Å². The first-order valence-corrected chi connectivity index (χ1v) is 5.74. The van der Waals surface area contributed by atoms with Crippen molar-refractivity contribution in [2.75, 3.05) is 26.8 Å². The monoisotopic (exact) mass is 261 g/mol. The van der Waals surface area contributed by atoms with E-state index in [1.807, 2.05) is 0 Å².